The van der Waals surface area contributed by atoms with Crippen molar-refractivity contribution in [3.05, 3.63) is 0 Å². The third-order valence-corrected chi connectivity index (χ3v) is 4.95. The van der Waals surface area contributed by atoms with Crippen molar-refractivity contribution in [2.45, 2.75) is 57.9 Å². The molecule has 0 aromatic heterocycles. The van der Waals surface area contributed by atoms with E-state index in [0.29, 0.717) is 0 Å². The van der Waals surface area contributed by atoms with Crippen LogP contribution in [0.15, 0.2) is 0 Å². The molecule has 1 unspecified atom stereocenters. The van der Waals surface area contributed by atoms with Crippen molar-refractivity contribution in [1.29, 1.82) is 0 Å². The van der Waals surface area contributed by atoms with E-state index in [-0.39, 0.29) is 0 Å². The summed E-state index contributed by atoms with van der Waals surface area (Å²) in [7, 11) is 2.07. The summed E-state index contributed by atoms with van der Waals surface area (Å²) in [5.41, 5.74) is 0.772. The Morgan fingerprint density at radius 3 is 2.25 bits per heavy atom. The van der Waals surface area contributed by atoms with Gasteiger partial charge in [0.25, 0.3) is 0 Å². The number of likely N-dealkylation sites (tertiary alicyclic amines) is 1. The third-order valence-electron chi connectivity index (χ3n) is 4.95. The minimum atomic E-state index is 0.767. The Labute approximate surface area is 101 Å². The number of piperidine rings is 1. The molecule has 0 aromatic carbocycles. The molecule has 2 heteroatoms. The van der Waals surface area contributed by atoms with Gasteiger partial charge in [0.05, 0.1) is 0 Å². The second kappa shape index (κ2) is 5.50. The van der Waals surface area contributed by atoms with E-state index in [1.54, 1.807) is 0 Å². The Morgan fingerprint density at radius 2 is 1.75 bits per heavy atom. The maximum absolute atomic E-state index is 3.34. The first kappa shape index (κ1) is 12.4. The van der Waals surface area contributed by atoms with Crippen molar-refractivity contribution in [3.8, 4) is 0 Å². The molecule has 2 fully saturated rings. The highest BCUT2D eigenvalue weighted by Gasteiger charge is 2.37. The average molecular weight is 224 g/mol. The number of hydrogen-bond donors (Lipinski definition) is 1. The summed E-state index contributed by atoms with van der Waals surface area (Å²) in [6.07, 6.45) is 10.2. The molecule has 16 heavy (non-hydrogen) atoms. The molecular formula is C14H28N2. The van der Waals surface area contributed by atoms with E-state index in [1.807, 2.05) is 0 Å². The Balaban J connectivity index is 1.83. The van der Waals surface area contributed by atoms with Gasteiger partial charge in [0.2, 0.25) is 0 Å². The number of nitrogens with zero attached hydrogens (tertiary/aromatic N) is 1. The van der Waals surface area contributed by atoms with Gasteiger partial charge in [-0.25, -0.2) is 0 Å². The van der Waals surface area contributed by atoms with E-state index >= 15 is 0 Å². The first-order valence-corrected chi connectivity index (χ1v) is 7.18. The van der Waals surface area contributed by atoms with Crippen molar-refractivity contribution >= 4 is 0 Å². The SMILES string of the molecule is CCC(CNC)N1CCC2(CCCC2)CC1. The van der Waals surface area contributed by atoms with E-state index in [1.165, 1.54) is 58.0 Å². The van der Waals surface area contributed by atoms with Crippen molar-refractivity contribution in [2.24, 2.45) is 5.41 Å². The molecule has 0 amide bonds. The molecule has 0 aromatic rings. The third kappa shape index (κ3) is 2.60. The largest absolute Gasteiger partial charge is 0.318 e. The average Bonchev–Trinajstić information content (AvgIpc) is 2.76. The molecule has 1 spiro atoms. The van der Waals surface area contributed by atoms with E-state index in [4.69, 9.17) is 0 Å². The standard InChI is InChI=1S/C14H28N2/c1-3-13(12-15-2)16-10-8-14(9-11-16)6-4-5-7-14/h13,15H,3-12H2,1-2H3. The van der Waals surface area contributed by atoms with Gasteiger partial charge < -0.3 is 5.32 Å². The molecule has 2 aliphatic rings. The summed E-state index contributed by atoms with van der Waals surface area (Å²) >= 11 is 0. The summed E-state index contributed by atoms with van der Waals surface area (Å²) in [4.78, 5) is 2.72. The molecule has 2 rings (SSSR count). The van der Waals surface area contributed by atoms with Gasteiger partial charge in [-0.15, -0.1) is 0 Å². The van der Waals surface area contributed by atoms with Gasteiger partial charge in [-0.05, 0) is 57.7 Å². The maximum Gasteiger partial charge on any atom is 0.0217 e. The quantitative estimate of drug-likeness (QED) is 0.790. The zero-order valence-electron chi connectivity index (χ0n) is 11.1. The number of rotatable bonds is 4. The molecule has 1 aliphatic heterocycles. The smallest absolute Gasteiger partial charge is 0.0217 e. The Morgan fingerprint density at radius 1 is 1.12 bits per heavy atom. The van der Waals surface area contributed by atoms with Gasteiger partial charge in [0, 0.05) is 12.6 Å². The lowest BCUT2D eigenvalue weighted by molar-refractivity contribution is 0.0745. The first-order chi connectivity index (χ1) is 7.79. The minimum Gasteiger partial charge on any atom is -0.318 e. The number of likely N-dealkylation sites (N-methyl/N-ethyl adjacent to an activating group) is 1. The van der Waals surface area contributed by atoms with Crippen LogP contribution in [0, 0.1) is 5.41 Å². The Bertz CT molecular complexity index is 199. The maximum atomic E-state index is 3.34. The van der Waals surface area contributed by atoms with Crippen molar-refractivity contribution < 1.29 is 0 Å². The van der Waals surface area contributed by atoms with Crippen LogP contribution in [0.5, 0.6) is 0 Å². The fraction of sp³-hybridized carbons (Fsp3) is 1.00. The summed E-state index contributed by atoms with van der Waals surface area (Å²) in [5, 5.41) is 3.34. The van der Waals surface area contributed by atoms with Gasteiger partial charge in [0.1, 0.15) is 0 Å². The van der Waals surface area contributed by atoms with Crippen LogP contribution in [0.3, 0.4) is 0 Å². The van der Waals surface area contributed by atoms with Gasteiger partial charge >= 0.3 is 0 Å². The topological polar surface area (TPSA) is 15.3 Å². The second-order valence-electron chi connectivity index (χ2n) is 5.86. The molecule has 1 heterocycles. The molecule has 0 radical (unpaired) electrons. The molecule has 2 nitrogen and oxygen atoms in total. The Hall–Kier alpha value is -0.0800. The van der Waals surface area contributed by atoms with Crippen LogP contribution in [-0.2, 0) is 0 Å². The lowest BCUT2D eigenvalue weighted by Gasteiger charge is -2.42. The molecule has 1 aliphatic carbocycles. The summed E-state index contributed by atoms with van der Waals surface area (Å²) in [6, 6.07) is 0.767. The molecule has 1 saturated carbocycles. The fourth-order valence-electron chi connectivity index (χ4n) is 3.76. The highest BCUT2D eigenvalue weighted by atomic mass is 15.2. The molecular weight excluding hydrogens is 196 g/mol. The van der Waals surface area contributed by atoms with E-state index in [9.17, 15) is 0 Å². The zero-order valence-corrected chi connectivity index (χ0v) is 11.1. The molecule has 0 bridgehead atoms. The van der Waals surface area contributed by atoms with E-state index in [0.717, 1.165) is 18.0 Å². The lowest BCUT2D eigenvalue weighted by Crippen LogP contribution is -2.47. The van der Waals surface area contributed by atoms with Crippen LogP contribution in [0.1, 0.15) is 51.9 Å². The molecule has 94 valence electrons. The fourth-order valence-corrected chi connectivity index (χ4v) is 3.76. The second-order valence-corrected chi connectivity index (χ2v) is 5.86. The predicted octanol–water partition coefficient (Wildman–Crippen LogP) is 2.64. The minimum absolute atomic E-state index is 0.767. The monoisotopic (exact) mass is 224 g/mol. The molecule has 1 saturated heterocycles. The van der Waals surface area contributed by atoms with Crippen LogP contribution < -0.4 is 5.32 Å². The van der Waals surface area contributed by atoms with E-state index < -0.39 is 0 Å². The first-order valence-electron chi connectivity index (χ1n) is 7.18. The summed E-state index contributed by atoms with van der Waals surface area (Å²) in [5.74, 6) is 0. The van der Waals surface area contributed by atoms with Crippen molar-refractivity contribution in [1.82, 2.24) is 10.2 Å². The van der Waals surface area contributed by atoms with Crippen LogP contribution in [0.2, 0.25) is 0 Å². The summed E-state index contributed by atoms with van der Waals surface area (Å²) < 4.78 is 0. The van der Waals surface area contributed by atoms with Gasteiger partial charge in [0.15, 0.2) is 0 Å². The van der Waals surface area contributed by atoms with Gasteiger partial charge in [-0.1, -0.05) is 19.8 Å². The molecule has 1 atom stereocenters. The predicted molar refractivity (Wildman–Crippen MR) is 69.7 cm³/mol. The van der Waals surface area contributed by atoms with Crippen molar-refractivity contribution in [3.63, 3.8) is 0 Å². The van der Waals surface area contributed by atoms with Crippen LogP contribution in [-0.4, -0.2) is 37.6 Å². The van der Waals surface area contributed by atoms with Crippen LogP contribution in [0.25, 0.3) is 0 Å². The van der Waals surface area contributed by atoms with Crippen LogP contribution >= 0.6 is 0 Å². The van der Waals surface area contributed by atoms with Gasteiger partial charge in [-0.2, -0.15) is 0 Å². The van der Waals surface area contributed by atoms with Crippen LogP contribution in [0.4, 0.5) is 0 Å². The van der Waals surface area contributed by atoms with E-state index in [2.05, 4.69) is 24.2 Å². The molecule has 1 N–H and O–H groups in total. The normalized spacial score (nSPS) is 27.4. The highest BCUT2D eigenvalue weighted by molar-refractivity contribution is 4.91. The van der Waals surface area contributed by atoms with Crippen molar-refractivity contribution in [2.75, 3.05) is 26.7 Å². The summed E-state index contributed by atoms with van der Waals surface area (Å²) in [6.45, 7) is 6.17. The van der Waals surface area contributed by atoms with Gasteiger partial charge in [-0.3, -0.25) is 4.90 Å². The lowest BCUT2D eigenvalue weighted by atomic mass is 9.77. The number of hydrogen-bond acceptors (Lipinski definition) is 2. The zero-order chi connectivity index (χ0) is 11.4. The Kier molecular flexibility index (Phi) is 4.26. The number of nitrogens with one attached hydrogen (secondary N) is 1. The highest BCUT2D eigenvalue weighted by Crippen LogP contribution is 2.46.